The van der Waals surface area contributed by atoms with Crippen molar-refractivity contribution in [2.45, 2.75) is 43.9 Å². The van der Waals surface area contributed by atoms with E-state index in [9.17, 15) is 5.11 Å². The molecule has 2 N–H and O–H groups in total. The Balaban J connectivity index is 1.50. The Morgan fingerprint density at radius 1 is 1.23 bits per heavy atom. The molecule has 1 unspecified atom stereocenters. The minimum absolute atomic E-state index is 0.119. The van der Waals surface area contributed by atoms with Crippen molar-refractivity contribution in [1.82, 2.24) is 15.1 Å². The highest BCUT2D eigenvalue weighted by Gasteiger charge is 2.37. The molecule has 2 aromatic rings. The largest absolute Gasteiger partial charge is 0.393 e. The van der Waals surface area contributed by atoms with Crippen LogP contribution in [0.1, 0.15) is 35.6 Å². The first-order chi connectivity index (χ1) is 10.7. The van der Waals surface area contributed by atoms with E-state index in [-0.39, 0.29) is 6.10 Å². The molecule has 1 heterocycles. The van der Waals surface area contributed by atoms with Gasteiger partial charge in [0.1, 0.15) is 0 Å². The van der Waals surface area contributed by atoms with Gasteiger partial charge in [-0.05, 0) is 42.7 Å². The third-order valence-electron chi connectivity index (χ3n) is 5.17. The molecule has 0 radical (unpaired) electrons. The molecule has 1 aromatic heterocycles. The summed E-state index contributed by atoms with van der Waals surface area (Å²) in [7, 11) is 1.96. The Kier molecular flexibility index (Phi) is 3.51. The Morgan fingerprint density at radius 3 is 2.45 bits per heavy atom. The van der Waals surface area contributed by atoms with Crippen LogP contribution in [0.25, 0.3) is 0 Å². The Hall–Kier alpha value is -1.65. The van der Waals surface area contributed by atoms with Crippen molar-refractivity contribution in [3.63, 3.8) is 0 Å². The van der Waals surface area contributed by atoms with Gasteiger partial charge in [-0.1, -0.05) is 24.3 Å². The zero-order chi connectivity index (χ0) is 15.1. The molecule has 0 spiro atoms. The molecule has 1 aromatic carbocycles. The maximum atomic E-state index is 9.67. The minimum atomic E-state index is -0.119. The fraction of sp³-hybridized carbons (Fsp3) is 0.500. The lowest BCUT2D eigenvalue weighted by atomic mass is 9.75. The van der Waals surface area contributed by atoms with Gasteiger partial charge in [0.15, 0.2) is 0 Å². The quantitative estimate of drug-likeness (QED) is 0.907. The van der Waals surface area contributed by atoms with Crippen molar-refractivity contribution in [2.24, 2.45) is 13.0 Å². The van der Waals surface area contributed by atoms with E-state index in [0.717, 1.165) is 25.7 Å². The van der Waals surface area contributed by atoms with Crippen molar-refractivity contribution in [3.05, 3.63) is 53.3 Å². The van der Waals surface area contributed by atoms with Gasteiger partial charge in [-0.3, -0.25) is 4.68 Å². The smallest absolute Gasteiger partial charge is 0.0547 e. The van der Waals surface area contributed by atoms with E-state index in [2.05, 4.69) is 40.9 Å². The van der Waals surface area contributed by atoms with Crippen LogP contribution in [-0.2, 0) is 19.9 Å². The van der Waals surface area contributed by atoms with Crippen LogP contribution in [0.5, 0.6) is 0 Å². The number of nitrogens with zero attached hydrogens (tertiary/aromatic N) is 2. The maximum absolute atomic E-state index is 9.67. The fourth-order valence-corrected chi connectivity index (χ4v) is 3.94. The van der Waals surface area contributed by atoms with Crippen LogP contribution < -0.4 is 5.32 Å². The van der Waals surface area contributed by atoms with Crippen molar-refractivity contribution in [3.8, 4) is 0 Å². The summed E-state index contributed by atoms with van der Waals surface area (Å²) in [6, 6.07) is 9.52. The van der Waals surface area contributed by atoms with Crippen LogP contribution in [0.4, 0.5) is 0 Å². The molecule has 1 fully saturated rings. The number of fused-ring (bicyclic) bond motifs is 1. The summed E-state index contributed by atoms with van der Waals surface area (Å²) in [6.45, 7) is 0. The summed E-state index contributed by atoms with van der Waals surface area (Å²) in [6.07, 6.45) is 7.93. The molecule has 22 heavy (non-hydrogen) atoms. The van der Waals surface area contributed by atoms with Gasteiger partial charge in [-0.15, -0.1) is 0 Å². The molecule has 4 nitrogen and oxygen atoms in total. The summed E-state index contributed by atoms with van der Waals surface area (Å²) in [5.74, 6) is 0.517. The van der Waals surface area contributed by atoms with E-state index in [1.807, 2.05) is 17.9 Å². The van der Waals surface area contributed by atoms with E-state index < -0.39 is 0 Å². The highest BCUT2D eigenvalue weighted by atomic mass is 16.3. The van der Waals surface area contributed by atoms with Gasteiger partial charge in [0.05, 0.1) is 12.3 Å². The molecule has 0 amide bonds. The van der Waals surface area contributed by atoms with E-state index >= 15 is 0 Å². The number of aryl methyl sites for hydroxylation is 1. The molecule has 0 saturated heterocycles. The monoisotopic (exact) mass is 297 g/mol. The highest BCUT2D eigenvalue weighted by molar-refractivity contribution is 5.33. The molecule has 4 heteroatoms. The number of hydrogen-bond donors (Lipinski definition) is 2. The van der Waals surface area contributed by atoms with Crippen LogP contribution in [0.15, 0.2) is 36.7 Å². The Morgan fingerprint density at radius 2 is 1.91 bits per heavy atom. The number of aliphatic hydroxyl groups excluding tert-OH is 1. The third-order valence-corrected chi connectivity index (χ3v) is 5.17. The number of benzene rings is 1. The lowest BCUT2D eigenvalue weighted by Gasteiger charge is -2.39. The number of aliphatic hydroxyl groups is 1. The van der Waals surface area contributed by atoms with Crippen LogP contribution in [0.2, 0.25) is 0 Å². The molecule has 2 aliphatic carbocycles. The predicted molar refractivity (Wildman–Crippen MR) is 85.5 cm³/mol. The summed E-state index contributed by atoms with van der Waals surface area (Å²) in [5, 5.41) is 17.8. The van der Waals surface area contributed by atoms with Gasteiger partial charge >= 0.3 is 0 Å². The van der Waals surface area contributed by atoms with Crippen molar-refractivity contribution in [1.29, 1.82) is 0 Å². The number of rotatable bonds is 4. The molecular formula is C18H23N3O. The molecule has 1 atom stereocenters. The maximum Gasteiger partial charge on any atom is 0.0547 e. The van der Waals surface area contributed by atoms with Gasteiger partial charge in [-0.2, -0.15) is 5.10 Å². The van der Waals surface area contributed by atoms with Crippen LogP contribution >= 0.6 is 0 Å². The van der Waals surface area contributed by atoms with Crippen molar-refractivity contribution < 1.29 is 5.11 Å². The highest BCUT2D eigenvalue weighted by Crippen LogP contribution is 2.39. The molecule has 0 aliphatic heterocycles. The second-order valence-electron chi connectivity index (χ2n) is 6.85. The van der Waals surface area contributed by atoms with E-state index in [4.69, 9.17) is 0 Å². The lowest BCUT2D eigenvalue weighted by Crippen LogP contribution is -2.43. The zero-order valence-corrected chi connectivity index (χ0v) is 12.9. The molecule has 4 rings (SSSR count). The molecule has 0 bridgehead atoms. The van der Waals surface area contributed by atoms with Crippen LogP contribution in [0, 0.1) is 5.92 Å². The molecule has 1 saturated carbocycles. The number of aromatic nitrogens is 2. The SMILES string of the molecule is Cn1cc(C(NC2Cc3ccccc3C2)C2CC(O)C2)cn1. The Labute approximate surface area is 131 Å². The first kappa shape index (κ1) is 14.0. The average Bonchev–Trinajstić information content (AvgIpc) is 3.07. The second kappa shape index (κ2) is 5.52. The minimum Gasteiger partial charge on any atom is -0.393 e. The summed E-state index contributed by atoms with van der Waals surface area (Å²) in [5.41, 5.74) is 4.19. The molecular weight excluding hydrogens is 274 g/mol. The van der Waals surface area contributed by atoms with Gasteiger partial charge in [0.25, 0.3) is 0 Å². The van der Waals surface area contributed by atoms with Crippen LogP contribution in [-0.4, -0.2) is 27.0 Å². The average molecular weight is 297 g/mol. The third kappa shape index (κ3) is 2.57. The summed E-state index contributed by atoms with van der Waals surface area (Å²) in [4.78, 5) is 0. The fourth-order valence-electron chi connectivity index (χ4n) is 3.94. The standard InChI is InChI=1S/C18H23N3O/c1-21-11-15(10-19-21)18(14-8-17(22)9-14)20-16-6-12-4-2-3-5-13(12)7-16/h2-5,10-11,14,16-18,20,22H,6-9H2,1H3. The Bertz CT molecular complexity index is 635. The zero-order valence-electron chi connectivity index (χ0n) is 12.9. The number of hydrogen-bond acceptors (Lipinski definition) is 3. The first-order valence-corrected chi connectivity index (χ1v) is 8.18. The molecule has 2 aliphatic rings. The van der Waals surface area contributed by atoms with Crippen molar-refractivity contribution in [2.75, 3.05) is 0 Å². The summed E-state index contributed by atoms with van der Waals surface area (Å²) < 4.78 is 1.86. The molecule has 116 valence electrons. The first-order valence-electron chi connectivity index (χ1n) is 8.18. The van der Waals surface area contributed by atoms with Gasteiger partial charge in [0.2, 0.25) is 0 Å². The normalized spacial score (nSPS) is 25.7. The number of nitrogens with one attached hydrogen (secondary N) is 1. The van der Waals surface area contributed by atoms with Crippen molar-refractivity contribution >= 4 is 0 Å². The van der Waals surface area contributed by atoms with Gasteiger partial charge in [0, 0.05) is 30.9 Å². The van der Waals surface area contributed by atoms with Crippen LogP contribution in [0.3, 0.4) is 0 Å². The predicted octanol–water partition coefficient (Wildman–Crippen LogP) is 1.99. The van der Waals surface area contributed by atoms with E-state index in [1.165, 1.54) is 16.7 Å². The second-order valence-corrected chi connectivity index (χ2v) is 6.85. The van der Waals surface area contributed by atoms with E-state index in [1.54, 1.807) is 0 Å². The van der Waals surface area contributed by atoms with E-state index in [0.29, 0.717) is 18.0 Å². The van der Waals surface area contributed by atoms with Gasteiger partial charge in [-0.25, -0.2) is 0 Å². The lowest BCUT2D eigenvalue weighted by molar-refractivity contribution is 0.0220. The summed E-state index contributed by atoms with van der Waals surface area (Å²) >= 11 is 0. The van der Waals surface area contributed by atoms with Gasteiger partial charge < -0.3 is 10.4 Å². The topological polar surface area (TPSA) is 50.1 Å².